The highest BCUT2D eigenvalue weighted by Gasteiger charge is 2.31. The molecule has 3 aliphatic rings. The smallest absolute Gasteiger partial charge is 0.276 e. The maximum absolute atomic E-state index is 15.2. The highest BCUT2D eigenvalue weighted by Crippen LogP contribution is 2.38. The summed E-state index contributed by atoms with van der Waals surface area (Å²) in [6, 6.07) is 5.54. The summed E-state index contributed by atoms with van der Waals surface area (Å²) in [5, 5.41) is 12.7. The molecule has 0 saturated carbocycles. The molecule has 3 amide bonds. The first-order valence-electron chi connectivity index (χ1n) is 18.1. The molecule has 4 aromatic rings. The lowest BCUT2D eigenvalue weighted by Crippen LogP contribution is -2.51. The van der Waals surface area contributed by atoms with Crippen LogP contribution in [0, 0.1) is 11.6 Å². The topological polar surface area (TPSA) is 154 Å². The second-order valence-electron chi connectivity index (χ2n) is 14.2. The third-order valence-corrected chi connectivity index (χ3v) is 10.8. The minimum Gasteiger partial charge on any atom is -0.496 e. The van der Waals surface area contributed by atoms with Gasteiger partial charge in [-0.3, -0.25) is 39.4 Å². The fourth-order valence-electron chi connectivity index (χ4n) is 7.82. The van der Waals surface area contributed by atoms with Crippen LogP contribution >= 0.6 is 0 Å². The predicted octanol–water partition coefficient (Wildman–Crippen LogP) is 2.96. The molecule has 5 heterocycles. The fourth-order valence-corrected chi connectivity index (χ4v) is 7.82. The van der Waals surface area contributed by atoms with E-state index in [4.69, 9.17) is 9.47 Å². The number of hydrogen-bond donors (Lipinski definition) is 3. The van der Waals surface area contributed by atoms with Gasteiger partial charge in [-0.15, -0.1) is 0 Å². The van der Waals surface area contributed by atoms with Crippen LogP contribution in [0.5, 0.6) is 11.5 Å². The predicted molar refractivity (Wildman–Crippen MR) is 196 cm³/mol. The van der Waals surface area contributed by atoms with Crippen molar-refractivity contribution in [2.24, 2.45) is 7.05 Å². The molecule has 16 heteroatoms. The van der Waals surface area contributed by atoms with Crippen LogP contribution in [0.4, 0.5) is 14.5 Å². The number of fused-ring (bicyclic) bond motifs is 1. The van der Waals surface area contributed by atoms with E-state index in [2.05, 4.69) is 25.7 Å². The van der Waals surface area contributed by atoms with Gasteiger partial charge in [-0.2, -0.15) is 5.10 Å². The normalized spacial score (nSPS) is 18.9. The van der Waals surface area contributed by atoms with Gasteiger partial charge in [-0.25, -0.2) is 8.78 Å². The molecule has 1 atom stereocenters. The number of hydrogen-bond acceptors (Lipinski definition) is 10. The molecule has 1 unspecified atom stereocenters. The van der Waals surface area contributed by atoms with Crippen molar-refractivity contribution in [2.75, 3.05) is 65.3 Å². The summed E-state index contributed by atoms with van der Waals surface area (Å²) in [6.07, 6.45) is 4.83. The number of aryl methyl sites for hydroxylation is 1. The van der Waals surface area contributed by atoms with Gasteiger partial charge in [0.05, 0.1) is 32.5 Å². The van der Waals surface area contributed by atoms with E-state index in [1.165, 1.54) is 16.7 Å². The Morgan fingerprint density at radius 2 is 1.59 bits per heavy atom. The number of ether oxygens (including phenoxy) is 2. The number of imide groups is 1. The van der Waals surface area contributed by atoms with Gasteiger partial charge < -0.3 is 24.3 Å². The van der Waals surface area contributed by atoms with Crippen LogP contribution < -0.4 is 25.7 Å². The van der Waals surface area contributed by atoms with Crippen molar-refractivity contribution in [1.82, 2.24) is 34.8 Å². The first-order chi connectivity index (χ1) is 26.0. The van der Waals surface area contributed by atoms with Crippen molar-refractivity contribution in [3.05, 3.63) is 69.8 Å². The van der Waals surface area contributed by atoms with Crippen LogP contribution in [-0.2, 0) is 28.0 Å². The first kappa shape index (κ1) is 37.0. The maximum atomic E-state index is 15.2. The molecule has 3 aliphatic heterocycles. The summed E-state index contributed by atoms with van der Waals surface area (Å²) < 4.78 is 43.6. The molecular weight excluding hydrogens is 702 g/mol. The third-order valence-electron chi connectivity index (χ3n) is 10.8. The van der Waals surface area contributed by atoms with Crippen LogP contribution in [0.2, 0.25) is 0 Å². The summed E-state index contributed by atoms with van der Waals surface area (Å²) in [4.78, 5) is 55.6. The second kappa shape index (κ2) is 15.6. The molecule has 2 aromatic carbocycles. The molecule has 3 N–H and O–H groups in total. The van der Waals surface area contributed by atoms with Gasteiger partial charge in [0.15, 0.2) is 0 Å². The van der Waals surface area contributed by atoms with Gasteiger partial charge >= 0.3 is 0 Å². The lowest BCUT2D eigenvalue weighted by atomic mass is 9.88. The van der Waals surface area contributed by atoms with Gasteiger partial charge in [0, 0.05) is 74.6 Å². The van der Waals surface area contributed by atoms with E-state index in [1.54, 1.807) is 33.7 Å². The first-order valence-corrected chi connectivity index (χ1v) is 18.1. The van der Waals surface area contributed by atoms with E-state index in [-0.39, 0.29) is 53.9 Å². The summed E-state index contributed by atoms with van der Waals surface area (Å²) >= 11 is 0. The molecule has 54 heavy (non-hydrogen) atoms. The van der Waals surface area contributed by atoms with Crippen LogP contribution in [0.3, 0.4) is 0 Å². The number of carbonyl (C=O) groups is 3. The number of amides is 3. The average Bonchev–Trinajstić information content (AvgIpc) is 3.66. The SMILES string of the molecule is COc1cc(-c2cn(C)c(=O)c3[nH]ncc23)cc(OC)c1CN1CCN(C(=O)CN2CCC(c3c(F)cc(NC4CCC(=O)NC4=O)cc3F)CC2)CC1. The Labute approximate surface area is 310 Å². The van der Waals surface area contributed by atoms with E-state index >= 15 is 8.78 Å². The van der Waals surface area contributed by atoms with Crippen LogP contribution in [0.1, 0.15) is 42.7 Å². The van der Waals surface area contributed by atoms with Crippen LogP contribution in [0.25, 0.3) is 22.0 Å². The highest BCUT2D eigenvalue weighted by molar-refractivity contribution is 6.01. The molecule has 0 spiro atoms. The number of H-pyrrole nitrogens is 1. The minimum absolute atomic E-state index is 0.0242. The largest absolute Gasteiger partial charge is 0.496 e. The lowest BCUT2D eigenvalue weighted by Gasteiger charge is -2.37. The van der Waals surface area contributed by atoms with E-state index in [9.17, 15) is 19.2 Å². The van der Waals surface area contributed by atoms with Crippen LogP contribution in [-0.4, -0.2) is 113 Å². The Bertz CT molecular complexity index is 2090. The molecule has 0 bridgehead atoms. The number of nitrogens with zero attached hydrogens (tertiary/aromatic N) is 5. The molecule has 14 nitrogen and oxygen atoms in total. The number of aromatic amines is 1. The van der Waals surface area contributed by atoms with Crippen molar-refractivity contribution < 1.29 is 32.6 Å². The standard InChI is InChI=1S/C38H44F2N8O6/c1-45-19-26(25-18-41-44-36(25)38(45)52)23-14-31(53-2)27(32(15-23)54-3)20-47-10-12-48(13-11-47)34(50)21-46-8-6-22(7-9-46)35-28(39)16-24(17-29(35)40)42-30-4-5-33(49)43-37(30)51/h14-19,22,30,42H,4-13,20-21H2,1-3H3,(H,41,44)(H,43,49,51). The number of carbonyl (C=O) groups excluding carboxylic acids is 3. The number of rotatable bonds is 10. The number of methoxy groups -OCH3 is 2. The molecule has 3 saturated heterocycles. The van der Waals surface area contributed by atoms with Gasteiger partial charge in [0.1, 0.15) is 34.7 Å². The molecule has 0 aliphatic carbocycles. The number of aromatic nitrogens is 3. The van der Waals surface area contributed by atoms with Crippen molar-refractivity contribution >= 4 is 34.3 Å². The lowest BCUT2D eigenvalue weighted by molar-refractivity contribution is -0.135. The molecule has 286 valence electrons. The Hall–Kier alpha value is -5.35. The Balaban J connectivity index is 0.920. The Morgan fingerprint density at radius 1 is 0.926 bits per heavy atom. The molecule has 2 aromatic heterocycles. The van der Waals surface area contributed by atoms with Gasteiger partial charge in [0.25, 0.3) is 5.56 Å². The summed E-state index contributed by atoms with van der Waals surface area (Å²) in [6.45, 7) is 4.30. The quantitative estimate of drug-likeness (QED) is 0.207. The number of piperidine rings is 2. The zero-order chi connectivity index (χ0) is 38.1. The van der Waals surface area contributed by atoms with E-state index in [0.717, 1.165) is 16.7 Å². The number of piperazine rings is 1. The summed E-state index contributed by atoms with van der Waals surface area (Å²) in [5.74, 6) is -1.24. The number of halogens is 2. The van der Waals surface area contributed by atoms with Crippen molar-refractivity contribution in [3.63, 3.8) is 0 Å². The minimum atomic E-state index is -0.740. The second-order valence-corrected chi connectivity index (χ2v) is 14.2. The maximum Gasteiger partial charge on any atom is 0.276 e. The number of likely N-dealkylation sites (tertiary alicyclic amines) is 1. The number of benzene rings is 2. The van der Waals surface area contributed by atoms with Gasteiger partial charge in [0.2, 0.25) is 17.7 Å². The fraction of sp³-hybridized carbons (Fsp3) is 0.447. The van der Waals surface area contributed by atoms with Gasteiger partial charge in [-0.05, 0) is 68.1 Å². The Kier molecular flexibility index (Phi) is 10.7. The third kappa shape index (κ3) is 7.53. The van der Waals surface area contributed by atoms with E-state index < -0.39 is 23.6 Å². The molecule has 0 radical (unpaired) electrons. The van der Waals surface area contributed by atoms with Crippen LogP contribution in [0.15, 0.2) is 41.5 Å². The summed E-state index contributed by atoms with van der Waals surface area (Å²) in [7, 11) is 4.92. The van der Waals surface area contributed by atoms with Crippen molar-refractivity contribution in [2.45, 2.75) is 44.2 Å². The zero-order valence-corrected chi connectivity index (χ0v) is 30.5. The number of anilines is 1. The molecule has 3 fully saturated rings. The van der Waals surface area contributed by atoms with E-state index in [1.807, 2.05) is 21.9 Å². The van der Waals surface area contributed by atoms with E-state index in [0.29, 0.717) is 81.1 Å². The molecule has 7 rings (SSSR count). The van der Waals surface area contributed by atoms with Gasteiger partial charge in [-0.1, -0.05) is 0 Å². The number of nitrogens with one attached hydrogen (secondary N) is 3. The monoisotopic (exact) mass is 746 g/mol. The van der Waals surface area contributed by atoms with Crippen molar-refractivity contribution in [3.8, 4) is 22.6 Å². The summed E-state index contributed by atoms with van der Waals surface area (Å²) in [5.41, 5.74) is 2.95. The molecular formula is C38H44F2N8O6. The zero-order valence-electron chi connectivity index (χ0n) is 30.5. The van der Waals surface area contributed by atoms with Crippen molar-refractivity contribution in [1.29, 1.82) is 0 Å². The Morgan fingerprint density at radius 3 is 2.22 bits per heavy atom. The highest BCUT2D eigenvalue weighted by atomic mass is 19.1. The average molecular weight is 747 g/mol. The number of pyridine rings is 1.